The summed E-state index contributed by atoms with van der Waals surface area (Å²) in [6, 6.07) is 16.2. The molecule has 118 valence electrons. The Kier molecular flexibility index (Phi) is 4.52. The zero-order valence-corrected chi connectivity index (χ0v) is 15.4. The average molecular weight is 409 g/mol. The first-order chi connectivity index (χ1) is 11.0. The second kappa shape index (κ2) is 6.43. The van der Waals surface area contributed by atoms with Crippen molar-refractivity contribution in [2.24, 2.45) is 0 Å². The standard InChI is InChI=1S/C16H13BrN2O2S2/c1-11-15(12-5-3-2-4-6-12)18-16(22-11)19-23(20,21)14-9-7-13(17)8-10-14/h2-10H,1H3,(H,18,19). The van der Waals surface area contributed by atoms with Crippen molar-refractivity contribution in [3.05, 3.63) is 63.9 Å². The number of rotatable bonds is 4. The van der Waals surface area contributed by atoms with E-state index in [1.165, 1.54) is 11.3 Å². The Morgan fingerprint density at radius 2 is 1.70 bits per heavy atom. The van der Waals surface area contributed by atoms with Crippen LogP contribution in [0.2, 0.25) is 0 Å². The van der Waals surface area contributed by atoms with E-state index in [0.29, 0.717) is 5.13 Å². The minimum atomic E-state index is -3.64. The molecule has 1 aromatic heterocycles. The van der Waals surface area contributed by atoms with Gasteiger partial charge in [0.25, 0.3) is 10.0 Å². The van der Waals surface area contributed by atoms with Crippen LogP contribution in [0.3, 0.4) is 0 Å². The van der Waals surface area contributed by atoms with Gasteiger partial charge in [0, 0.05) is 14.9 Å². The largest absolute Gasteiger partial charge is 0.263 e. The molecule has 4 nitrogen and oxygen atoms in total. The quantitative estimate of drug-likeness (QED) is 0.681. The van der Waals surface area contributed by atoms with Gasteiger partial charge >= 0.3 is 0 Å². The summed E-state index contributed by atoms with van der Waals surface area (Å²) in [4.78, 5) is 5.59. The molecule has 0 bridgehead atoms. The van der Waals surface area contributed by atoms with E-state index >= 15 is 0 Å². The lowest BCUT2D eigenvalue weighted by Gasteiger charge is -2.05. The van der Waals surface area contributed by atoms with Crippen LogP contribution in [0.1, 0.15) is 4.88 Å². The Hall–Kier alpha value is -1.70. The van der Waals surface area contributed by atoms with Gasteiger partial charge in [-0.3, -0.25) is 4.72 Å². The van der Waals surface area contributed by atoms with E-state index in [1.54, 1.807) is 24.3 Å². The molecule has 0 saturated heterocycles. The Balaban J connectivity index is 1.90. The van der Waals surface area contributed by atoms with E-state index in [2.05, 4.69) is 25.6 Å². The van der Waals surface area contributed by atoms with Gasteiger partial charge < -0.3 is 0 Å². The molecule has 0 aliphatic carbocycles. The number of aryl methyl sites for hydroxylation is 1. The zero-order valence-electron chi connectivity index (χ0n) is 12.2. The molecule has 0 amide bonds. The van der Waals surface area contributed by atoms with E-state index in [9.17, 15) is 8.42 Å². The van der Waals surface area contributed by atoms with Crippen molar-refractivity contribution in [2.75, 3.05) is 4.72 Å². The van der Waals surface area contributed by atoms with E-state index in [0.717, 1.165) is 20.6 Å². The predicted molar refractivity (Wildman–Crippen MR) is 97.2 cm³/mol. The maximum absolute atomic E-state index is 12.4. The molecule has 0 saturated carbocycles. The highest BCUT2D eigenvalue weighted by Gasteiger charge is 2.18. The van der Waals surface area contributed by atoms with Crippen LogP contribution in [0.15, 0.2) is 64.0 Å². The summed E-state index contributed by atoms with van der Waals surface area (Å²) >= 11 is 4.62. The van der Waals surface area contributed by atoms with Crippen LogP contribution in [0, 0.1) is 6.92 Å². The SMILES string of the molecule is Cc1sc(NS(=O)(=O)c2ccc(Br)cc2)nc1-c1ccccc1. The van der Waals surface area contributed by atoms with Gasteiger partial charge in [-0.05, 0) is 31.2 Å². The van der Waals surface area contributed by atoms with Crippen LogP contribution in [0.4, 0.5) is 5.13 Å². The summed E-state index contributed by atoms with van der Waals surface area (Å²) in [5.41, 5.74) is 1.76. The van der Waals surface area contributed by atoms with Crippen molar-refractivity contribution in [1.29, 1.82) is 0 Å². The molecule has 3 rings (SSSR count). The number of benzene rings is 2. The number of sulfonamides is 1. The number of nitrogens with zero attached hydrogens (tertiary/aromatic N) is 1. The highest BCUT2D eigenvalue weighted by Crippen LogP contribution is 2.31. The Labute approximate surface area is 147 Å². The van der Waals surface area contributed by atoms with Crippen molar-refractivity contribution in [3.63, 3.8) is 0 Å². The lowest BCUT2D eigenvalue weighted by Crippen LogP contribution is -2.12. The van der Waals surface area contributed by atoms with Crippen molar-refractivity contribution in [2.45, 2.75) is 11.8 Å². The molecule has 0 spiro atoms. The molecule has 0 fully saturated rings. The van der Waals surface area contributed by atoms with Gasteiger partial charge in [-0.25, -0.2) is 13.4 Å². The monoisotopic (exact) mass is 408 g/mol. The van der Waals surface area contributed by atoms with Gasteiger partial charge in [0.15, 0.2) is 5.13 Å². The molecule has 7 heteroatoms. The minimum absolute atomic E-state index is 0.204. The predicted octanol–water partition coefficient (Wildman–Crippen LogP) is 4.68. The summed E-state index contributed by atoms with van der Waals surface area (Å²) in [5, 5.41) is 0.365. The normalized spacial score (nSPS) is 11.4. The van der Waals surface area contributed by atoms with Crippen LogP contribution in [-0.4, -0.2) is 13.4 Å². The molecule has 3 aromatic rings. The lowest BCUT2D eigenvalue weighted by atomic mass is 10.1. The van der Waals surface area contributed by atoms with Crippen molar-refractivity contribution in [1.82, 2.24) is 4.98 Å². The first kappa shape index (κ1) is 16.2. The molecular weight excluding hydrogens is 396 g/mol. The molecule has 1 heterocycles. The van der Waals surface area contributed by atoms with Crippen LogP contribution in [0.25, 0.3) is 11.3 Å². The molecule has 2 aromatic carbocycles. The number of hydrogen-bond donors (Lipinski definition) is 1. The fourth-order valence-electron chi connectivity index (χ4n) is 2.09. The highest BCUT2D eigenvalue weighted by atomic mass is 79.9. The molecule has 0 radical (unpaired) electrons. The van der Waals surface area contributed by atoms with Crippen molar-refractivity contribution >= 4 is 42.4 Å². The van der Waals surface area contributed by atoms with Crippen LogP contribution >= 0.6 is 27.3 Å². The van der Waals surface area contributed by atoms with Crippen LogP contribution < -0.4 is 4.72 Å². The zero-order chi connectivity index (χ0) is 16.4. The molecule has 0 unspecified atom stereocenters. The van der Waals surface area contributed by atoms with Gasteiger partial charge in [0.05, 0.1) is 10.6 Å². The summed E-state index contributed by atoms with van der Waals surface area (Å²) in [6.07, 6.45) is 0. The fourth-order valence-corrected chi connectivity index (χ4v) is 4.43. The van der Waals surface area contributed by atoms with Crippen LogP contribution in [-0.2, 0) is 10.0 Å². The Morgan fingerprint density at radius 3 is 2.35 bits per heavy atom. The summed E-state index contributed by atoms with van der Waals surface area (Å²) < 4.78 is 28.2. The fraction of sp³-hybridized carbons (Fsp3) is 0.0625. The second-order valence-electron chi connectivity index (χ2n) is 4.85. The average Bonchev–Trinajstić information content (AvgIpc) is 2.88. The number of nitrogens with one attached hydrogen (secondary N) is 1. The minimum Gasteiger partial charge on any atom is -0.255 e. The number of aromatic nitrogens is 1. The van der Waals surface area contributed by atoms with Gasteiger partial charge in [0.1, 0.15) is 0 Å². The number of thiazole rings is 1. The van der Waals surface area contributed by atoms with E-state index in [4.69, 9.17) is 0 Å². The Bertz CT molecular complexity index is 920. The van der Waals surface area contributed by atoms with Gasteiger partial charge in [-0.2, -0.15) is 0 Å². The molecule has 0 aliphatic heterocycles. The maximum atomic E-state index is 12.4. The first-order valence-electron chi connectivity index (χ1n) is 6.77. The molecule has 1 N–H and O–H groups in total. The molecule has 0 atom stereocenters. The summed E-state index contributed by atoms with van der Waals surface area (Å²) in [5.74, 6) is 0. The number of anilines is 1. The van der Waals surface area contributed by atoms with E-state index in [-0.39, 0.29) is 4.90 Å². The number of halogens is 1. The lowest BCUT2D eigenvalue weighted by molar-refractivity contribution is 0.601. The molecule has 0 aliphatic rings. The van der Waals surface area contributed by atoms with Gasteiger partial charge in [-0.1, -0.05) is 46.3 Å². The van der Waals surface area contributed by atoms with E-state index in [1.807, 2.05) is 37.3 Å². The maximum Gasteiger partial charge on any atom is 0.263 e. The van der Waals surface area contributed by atoms with Crippen molar-refractivity contribution in [3.8, 4) is 11.3 Å². The van der Waals surface area contributed by atoms with E-state index < -0.39 is 10.0 Å². The van der Waals surface area contributed by atoms with Crippen LogP contribution in [0.5, 0.6) is 0 Å². The second-order valence-corrected chi connectivity index (χ2v) is 8.65. The van der Waals surface area contributed by atoms with Gasteiger partial charge in [-0.15, -0.1) is 11.3 Å². The third-order valence-electron chi connectivity index (χ3n) is 3.19. The van der Waals surface area contributed by atoms with Crippen molar-refractivity contribution < 1.29 is 8.42 Å². The molecular formula is C16H13BrN2O2S2. The molecule has 23 heavy (non-hydrogen) atoms. The summed E-state index contributed by atoms with van der Waals surface area (Å²) in [7, 11) is -3.64. The first-order valence-corrected chi connectivity index (χ1v) is 9.86. The summed E-state index contributed by atoms with van der Waals surface area (Å²) in [6.45, 7) is 1.93. The third kappa shape index (κ3) is 3.63. The smallest absolute Gasteiger partial charge is 0.255 e. The third-order valence-corrected chi connectivity index (χ3v) is 6.09. The number of hydrogen-bond acceptors (Lipinski definition) is 4. The Morgan fingerprint density at radius 1 is 1.04 bits per heavy atom. The topological polar surface area (TPSA) is 59.1 Å². The highest BCUT2D eigenvalue weighted by molar-refractivity contribution is 9.10. The van der Waals surface area contributed by atoms with Gasteiger partial charge in [0.2, 0.25) is 0 Å².